The van der Waals surface area contributed by atoms with E-state index in [1.54, 1.807) is 24.3 Å². The molecule has 0 bridgehead atoms. The van der Waals surface area contributed by atoms with E-state index in [0.29, 0.717) is 34.1 Å². The number of Topliss-reactive ketones (excluding diaryl/α,β-unsaturated/α-hetero) is 2. The average molecular weight is 437 g/mol. The van der Waals surface area contributed by atoms with Crippen molar-refractivity contribution in [3.63, 3.8) is 0 Å². The normalized spacial score (nSPS) is 21.1. The molecule has 0 radical (unpaired) electrons. The zero-order chi connectivity index (χ0) is 22.0. The maximum atomic E-state index is 13.4. The number of halogens is 1. The summed E-state index contributed by atoms with van der Waals surface area (Å²) in [5.41, 5.74) is 2.33. The number of allylic oxidation sites excluding steroid dienone is 2. The van der Waals surface area contributed by atoms with Crippen LogP contribution in [-0.2, 0) is 9.53 Å². The molecule has 0 atom stereocenters. The van der Waals surface area contributed by atoms with Crippen molar-refractivity contribution in [1.82, 2.24) is 0 Å². The van der Waals surface area contributed by atoms with Crippen LogP contribution in [0.3, 0.4) is 0 Å². The van der Waals surface area contributed by atoms with E-state index in [1.165, 1.54) is 5.56 Å². The lowest BCUT2D eigenvalue weighted by Crippen LogP contribution is -2.30. The minimum atomic E-state index is -0.467. The summed E-state index contributed by atoms with van der Waals surface area (Å²) in [6, 6.07) is 14.7. The number of carbonyl (C=O) groups is 3. The topological polar surface area (TPSA) is 60.4 Å². The van der Waals surface area contributed by atoms with Crippen molar-refractivity contribution in [2.24, 2.45) is 5.92 Å². The number of benzene rings is 2. The molecule has 0 heterocycles. The Morgan fingerprint density at radius 1 is 0.903 bits per heavy atom. The van der Waals surface area contributed by atoms with Crippen molar-refractivity contribution < 1.29 is 19.1 Å². The third kappa shape index (κ3) is 4.35. The number of ketones is 2. The molecule has 2 aliphatic rings. The molecule has 0 unspecified atom stereocenters. The highest BCUT2D eigenvalue weighted by Gasteiger charge is 2.39. The SMILES string of the molecule is CCCC(=O)OC1=C([C@H]2CC[C@H](c3ccc(Cl)cc3)CC2)C(=O)c2ccccc2C1=O. The van der Waals surface area contributed by atoms with Gasteiger partial charge in [0.1, 0.15) is 0 Å². The van der Waals surface area contributed by atoms with Gasteiger partial charge in [-0.2, -0.15) is 0 Å². The van der Waals surface area contributed by atoms with Gasteiger partial charge in [-0.1, -0.05) is 54.9 Å². The van der Waals surface area contributed by atoms with Crippen LogP contribution in [0.25, 0.3) is 0 Å². The molecule has 2 aromatic rings. The first-order valence-corrected chi connectivity index (χ1v) is 11.3. The maximum absolute atomic E-state index is 13.4. The van der Waals surface area contributed by atoms with Gasteiger partial charge in [0.15, 0.2) is 11.5 Å². The van der Waals surface area contributed by atoms with Crippen LogP contribution in [0.1, 0.15) is 77.6 Å². The minimum Gasteiger partial charge on any atom is -0.422 e. The number of carbonyl (C=O) groups excluding carboxylic acids is 3. The van der Waals surface area contributed by atoms with Crippen molar-refractivity contribution >= 4 is 29.1 Å². The van der Waals surface area contributed by atoms with Crippen LogP contribution in [0.4, 0.5) is 0 Å². The van der Waals surface area contributed by atoms with Crippen LogP contribution in [0.15, 0.2) is 59.9 Å². The molecule has 0 saturated heterocycles. The lowest BCUT2D eigenvalue weighted by Gasteiger charge is -2.32. The molecule has 2 aromatic carbocycles. The highest BCUT2D eigenvalue weighted by atomic mass is 35.5. The number of ether oxygens (including phenoxy) is 1. The van der Waals surface area contributed by atoms with Crippen LogP contribution in [0.5, 0.6) is 0 Å². The van der Waals surface area contributed by atoms with Crippen molar-refractivity contribution in [3.05, 3.63) is 81.6 Å². The third-order valence-electron chi connectivity index (χ3n) is 6.26. The summed E-state index contributed by atoms with van der Waals surface area (Å²) in [5, 5.41) is 0.714. The Kier molecular flexibility index (Phi) is 6.38. The van der Waals surface area contributed by atoms with Gasteiger partial charge in [-0.3, -0.25) is 14.4 Å². The Morgan fingerprint density at radius 2 is 1.48 bits per heavy atom. The molecular weight excluding hydrogens is 412 g/mol. The first-order valence-electron chi connectivity index (χ1n) is 10.9. The fourth-order valence-electron chi connectivity index (χ4n) is 4.66. The highest BCUT2D eigenvalue weighted by molar-refractivity contribution is 6.30. The quantitative estimate of drug-likeness (QED) is 0.516. The summed E-state index contributed by atoms with van der Waals surface area (Å²) in [4.78, 5) is 38.8. The van der Waals surface area contributed by atoms with Crippen molar-refractivity contribution in [2.45, 2.75) is 51.4 Å². The highest BCUT2D eigenvalue weighted by Crippen LogP contribution is 2.42. The molecule has 0 aromatic heterocycles. The largest absolute Gasteiger partial charge is 0.422 e. The molecule has 4 rings (SSSR count). The van der Waals surface area contributed by atoms with Gasteiger partial charge in [-0.05, 0) is 61.6 Å². The molecule has 1 fully saturated rings. The van der Waals surface area contributed by atoms with E-state index in [1.807, 2.05) is 19.1 Å². The molecule has 0 N–H and O–H groups in total. The number of fused-ring (bicyclic) bond motifs is 1. The fraction of sp³-hybridized carbons (Fsp3) is 0.346. The van der Waals surface area contributed by atoms with Gasteiger partial charge >= 0.3 is 5.97 Å². The Balaban J connectivity index is 1.63. The molecule has 2 aliphatic carbocycles. The maximum Gasteiger partial charge on any atom is 0.311 e. The first kappa shape index (κ1) is 21.5. The second-order valence-corrected chi connectivity index (χ2v) is 8.71. The second-order valence-electron chi connectivity index (χ2n) is 8.27. The fourth-order valence-corrected chi connectivity index (χ4v) is 4.79. The molecule has 31 heavy (non-hydrogen) atoms. The number of hydrogen-bond donors (Lipinski definition) is 0. The van der Waals surface area contributed by atoms with Crippen LogP contribution in [0.2, 0.25) is 5.02 Å². The Hall–Kier alpha value is -2.72. The van der Waals surface area contributed by atoms with Crippen molar-refractivity contribution in [2.75, 3.05) is 0 Å². The van der Waals surface area contributed by atoms with Gasteiger partial charge in [0, 0.05) is 22.6 Å². The van der Waals surface area contributed by atoms with Crippen LogP contribution in [-0.4, -0.2) is 17.5 Å². The van der Waals surface area contributed by atoms with Gasteiger partial charge in [0.05, 0.1) is 5.57 Å². The Labute approximate surface area is 187 Å². The zero-order valence-corrected chi connectivity index (χ0v) is 18.3. The van der Waals surface area contributed by atoms with E-state index in [4.69, 9.17) is 16.3 Å². The second kappa shape index (κ2) is 9.19. The van der Waals surface area contributed by atoms with E-state index < -0.39 is 5.97 Å². The standard InChI is InChI=1S/C26H25ClO4/c1-2-5-22(28)31-26-23(24(29)20-6-3-4-7-21(20)25(26)30)18-10-8-16(9-11-18)17-12-14-19(27)15-13-17/h3-4,6-7,12-16,18H,2,5,8-11H2,1H3/t16-,18-. The summed E-state index contributed by atoms with van der Waals surface area (Å²) in [7, 11) is 0. The van der Waals surface area contributed by atoms with E-state index in [0.717, 1.165) is 25.7 Å². The number of hydrogen-bond acceptors (Lipinski definition) is 4. The average Bonchev–Trinajstić information content (AvgIpc) is 2.78. The summed E-state index contributed by atoms with van der Waals surface area (Å²) in [5.74, 6) is -0.791. The Bertz CT molecular complexity index is 1040. The van der Waals surface area contributed by atoms with Gasteiger partial charge in [-0.15, -0.1) is 0 Å². The summed E-state index contributed by atoms with van der Waals surface area (Å²) >= 11 is 6.01. The Morgan fingerprint density at radius 3 is 2.10 bits per heavy atom. The summed E-state index contributed by atoms with van der Waals surface area (Å²) < 4.78 is 5.52. The van der Waals surface area contributed by atoms with Crippen LogP contribution in [0, 0.1) is 5.92 Å². The van der Waals surface area contributed by atoms with E-state index in [-0.39, 0.29) is 29.7 Å². The number of rotatable bonds is 5. The number of esters is 1. The minimum absolute atomic E-state index is 0.0582. The monoisotopic (exact) mass is 436 g/mol. The summed E-state index contributed by atoms with van der Waals surface area (Å²) in [6.07, 6.45) is 4.15. The molecule has 4 nitrogen and oxygen atoms in total. The van der Waals surface area contributed by atoms with Gasteiger partial charge in [-0.25, -0.2) is 0 Å². The predicted octanol–water partition coefficient (Wildman–Crippen LogP) is 6.29. The van der Waals surface area contributed by atoms with Gasteiger partial charge < -0.3 is 4.74 Å². The molecule has 1 saturated carbocycles. The lowest BCUT2D eigenvalue weighted by atomic mass is 9.72. The lowest BCUT2D eigenvalue weighted by molar-refractivity contribution is -0.139. The molecule has 0 spiro atoms. The van der Waals surface area contributed by atoms with E-state index in [2.05, 4.69) is 12.1 Å². The first-order chi connectivity index (χ1) is 15.0. The summed E-state index contributed by atoms with van der Waals surface area (Å²) in [6.45, 7) is 1.87. The van der Waals surface area contributed by atoms with Crippen molar-refractivity contribution in [3.8, 4) is 0 Å². The van der Waals surface area contributed by atoms with E-state index >= 15 is 0 Å². The third-order valence-corrected chi connectivity index (χ3v) is 6.51. The van der Waals surface area contributed by atoms with Gasteiger partial charge in [0.2, 0.25) is 5.78 Å². The smallest absolute Gasteiger partial charge is 0.311 e. The molecule has 0 aliphatic heterocycles. The van der Waals surface area contributed by atoms with Crippen LogP contribution >= 0.6 is 11.6 Å². The predicted molar refractivity (Wildman–Crippen MR) is 119 cm³/mol. The van der Waals surface area contributed by atoms with Crippen molar-refractivity contribution in [1.29, 1.82) is 0 Å². The van der Waals surface area contributed by atoms with E-state index in [9.17, 15) is 14.4 Å². The molecule has 160 valence electrons. The molecular formula is C26H25ClO4. The zero-order valence-electron chi connectivity index (χ0n) is 17.5. The molecule has 5 heteroatoms. The molecule has 0 amide bonds. The van der Waals surface area contributed by atoms with Crippen LogP contribution < -0.4 is 0 Å². The van der Waals surface area contributed by atoms with Gasteiger partial charge in [0.25, 0.3) is 0 Å².